The molecule has 2 aliphatic rings. The normalized spacial score (nSPS) is 23.1. The number of aliphatic hydroxyl groups is 1. The van der Waals surface area contributed by atoms with Gasteiger partial charge in [-0.3, -0.25) is 9.69 Å². The van der Waals surface area contributed by atoms with Gasteiger partial charge in [-0.1, -0.05) is 5.16 Å². The van der Waals surface area contributed by atoms with E-state index >= 15 is 0 Å². The SMILES string of the molecule is O=C(CO)N[C@H]1CC[C@H](CCN2CCN(c3noc4c(F)cc(F)cc34)CC2)CC1. The summed E-state index contributed by atoms with van der Waals surface area (Å²) in [5.41, 5.74) is -0.000360. The number of nitrogens with zero attached hydrogens (tertiary/aromatic N) is 3. The summed E-state index contributed by atoms with van der Waals surface area (Å²) in [6, 6.07) is 2.27. The summed E-state index contributed by atoms with van der Waals surface area (Å²) in [5, 5.41) is 16.1. The molecule has 2 aromatic rings. The van der Waals surface area contributed by atoms with Crippen LogP contribution in [0.25, 0.3) is 11.0 Å². The van der Waals surface area contributed by atoms with Gasteiger partial charge in [-0.2, -0.15) is 0 Å². The molecule has 1 amide bonds. The van der Waals surface area contributed by atoms with Crippen LogP contribution in [-0.2, 0) is 4.79 Å². The van der Waals surface area contributed by atoms with Crippen LogP contribution in [0.1, 0.15) is 32.1 Å². The first-order chi connectivity index (χ1) is 14.5. The molecule has 30 heavy (non-hydrogen) atoms. The van der Waals surface area contributed by atoms with Crippen molar-refractivity contribution < 1.29 is 23.2 Å². The Morgan fingerprint density at radius 3 is 2.60 bits per heavy atom. The fourth-order valence-electron chi connectivity index (χ4n) is 4.60. The number of aliphatic hydroxyl groups excluding tert-OH is 1. The molecule has 0 bridgehead atoms. The van der Waals surface area contributed by atoms with Crippen LogP contribution in [0, 0.1) is 17.6 Å². The monoisotopic (exact) mass is 422 g/mol. The molecule has 1 aromatic heterocycles. The molecule has 164 valence electrons. The van der Waals surface area contributed by atoms with Crippen molar-refractivity contribution in [2.45, 2.75) is 38.1 Å². The second-order valence-electron chi connectivity index (χ2n) is 8.33. The fourth-order valence-corrected chi connectivity index (χ4v) is 4.60. The van der Waals surface area contributed by atoms with Gasteiger partial charge in [-0.25, -0.2) is 8.78 Å². The average Bonchev–Trinajstić information content (AvgIpc) is 3.17. The molecule has 0 spiro atoms. The predicted molar refractivity (Wildman–Crippen MR) is 108 cm³/mol. The van der Waals surface area contributed by atoms with Crippen molar-refractivity contribution in [3.63, 3.8) is 0 Å². The molecule has 1 aromatic carbocycles. The van der Waals surface area contributed by atoms with E-state index in [0.717, 1.165) is 70.9 Å². The first-order valence-electron chi connectivity index (χ1n) is 10.7. The first kappa shape index (κ1) is 21.0. The minimum atomic E-state index is -0.729. The summed E-state index contributed by atoms with van der Waals surface area (Å²) < 4.78 is 32.5. The molecule has 2 heterocycles. The van der Waals surface area contributed by atoms with Crippen LogP contribution in [0.3, 0.4) is 0 Å². The lowest BCUT2D eigenvalue weighted by Crippen LogP contribution is -2.47. The zero-order valence-electron chi connectivity index (χ0n) is 16.9. The van der Waals surface area contributed by atoms with Crippen molar-refractivity contribution in [3.8, 4) is 0 Å². The molecule has 1 saturated heterocycles. The number of piperazine rings is 1. The van der Waals surface area contributed by atoms with Crippen LogP contribution < -0.4 is 10.2 Å². The minimum absolute atomic E-state index is 0.000360. The molecule has 0 atom stereocenters. The number of hydrogen-bond acceptors (Lipinski definition) is 6. The van der Waals surface area contributed by atoms with Crippen molar-refractivity contribution in [3.05, 3.63) is 23.8 Å². The molecule has 2 N–H and O–H groups in total. The Bertz CT molecular complexity index is 875. The minimum Gasteiger partial charge on any atom is -0.387 e. The molecule has 1 saturated carbocycles. The van der Waals surface area contributed by atoms with E-state index in [-0.39, 0.29) is 17.5 Å². The Labute approximate surface area is 174 Å². The second kappa shape index (κ2) is 9.26. The van der Waals surface area contributed by atoms with E-state index in [1.54, 1.807) is 0 Å². The number of nitrogens with one attached hydrogen (secondary N) is 1. The Morgan fingerprint density at radius 1 is 1.17 bits per heavy atom. The van der Waals surface area contributed by atoms with Crippen molar-refractivity contribution in [1.29, 1.82) is 0 Å². The molecule has 0 unspecified atom stereocenters. The lowest BCUT2D eigenvalue weighted by Gasteiger charge is -2.36. The van der Waals surface area contributed by atoms with E-state index in [4.69, 9.17) is 9.63 Å². The Morgan fingerprint density at radius 2 is 1.90 bits per heavy atom. The van der Waals surface area contributed by atoms with Gasteiger partial charge in [0, 0.05) is 38.3 Å². The lowest BCUT2D eigenvalue weighted by molar-refractivity contribution is -0.124. The van der Waals surface area contributed by atoms with Gasteiger partial charge in [-0.15, -0.1) is 0 Å². The molecule has 4 rings (SSSR count). The van der Waals surface area contributed by atoms with Crippen LogP contribution in [-0.4, -0.2) is 66.4 Å². The smallest absolute Gasteiger partial charge is 0.245 e. The van der Waals surface area contributed by atoms with Crippen LogP contribution in [0.15, 0.2) is 16.7 Å². The molecule has 0 radical (unpaired) electrons. The molecule has 7 nitrogen and oxygen atoms in total. The van der Waals surface area contributed by atoms with E-state index in [2.05, 4.69) is 15.4 Å². The molecule has 9 heteroatoms. The number of benzene rings is 1. The van der Waals surface area contributed by atoms with Gasteiger partial charge >= 0.3 is 0 Å². The number of fused-ring (bicyclic) bond motifs is 1. The summed E-state index contributed by atoms with van der Waals surface area (Å²) in [6.07, 6.45) is 5.26. The second-order valence-corrected chi connectivity index (χ2v) is 8.33. The van der Waals surface area contributed by atoms with Gasteiger partial charge in [-0.05, 0) is 50.6 Å². The van der Waals surface area contributed by atoms with Gasteiger partial charge in [0.05, 0.1) is 5.39 Å². The van der Waals surface area contributed by atoms with Crippen molar-refractivity contribution in [2.75, 3.05) is 44.2 Å². The summed E-state index contributed by atoms with van der Waals surface area (Å²) in [6.45, 7) is 3.79. The highest BCUT2D eigenvalue weighted by Gasteiger charge is 2.25. The summed E-state index contributed by atoms with van der Waals surface area (Å²) in [5.74, 6) is -0.481. The van der Waals surface area contributed by atoms with Gasteiger partial charge in [0.15, 0.2) is 11.6 Å². The number of carbonyl (C=O) groups excluding carboxylic acids is 1. The third-order valence-electron chi connectivity index (χ3n) is 6.35. The number of rotatable bonds is 6. The maximum Gasteiger partial charge on any atom is 0.245 e. The molecular weight excluding hydrogens is 394 g/mol. The third kappa shape index (κ3) is 4.73. The Hall–Kier alpha value is -2.26. The van der Waals surface area contributed by atoms with Crippen LogP contribution in [0.4, 0.5) is 14.6 Å². The standard InChI is InChI=1S/C21H28F2N4O3/c22-15-11-17-20(18(23)12-15)30-25-21(17)27-9-7-26(8-10-27)6-5-14-1-3-16(4-2-14)24-19(29)13-28/h11-12,14,16,28H,1-10,13H2,(H,24,29)/t14-,16-. The highest BCUT2D eigenvalue weighted by molar-refractivity contribution is 5.89. The number of amides is 1. The van der Waals surface area contributed by atoms with E-state index < -0.39 is 18.2 Å². The van der Waals surface area contributed by atoms with Crippen molar-refractivity contribution in [2.24, 2.45) is 5.92 Å². The summed E-state index contributed by atoms with van der Waals surface area (Å²) >= 11 is 0. The van der Waals surface area contributed by atoms with Gasteiger partial charge in [0.1, 0.15) is 12.4 Å². The Balaban J connectivity index is 1.23. The van der Waals surface area contributed by atoms with Gasteiger partial charge in [0.2, 0.25) is 11.5 Å². The molecular formula is C21H28F2N4O3. The molecule has 1 aliphatic carbocycles. The van der Waals surface area contributed by atoms with E-state index in [1.807, 2.05) is 4.90 Å². The summed E-state index contributed by atoms with van der Waals surface area (Å²) in [4.78, 5) is 15.7. The third-order valence-corrected chi connectivity index (χ3v) is 6.35. The maximum atomic E-state index is 13.8. The zero-order valence-corrected chi connectivity index (χ0v) is 16.9. The first-order valence-corrected chi connectivity index (χ1v) is 10.7. The average molecular weight is 422 g/mol. The van der Waals surface area contributed by atoms with Crippen molar-refractivity contribution in [1.82, 2.24) is 15.4 Å². The zero-order chi connectivity index (χ0) is 21.1. The number of halogens is 2. The molecule has 1 aliphatic heterocycles. The Kier molecular flexibility index (Phi) is 6.48. The quantitative estimate of drug-likeness (QED) is 0.744. The molecule has 2 fully saturated rings. The highest BCUT2D eigenvalue weighted by atomic mass is 19.1. The lowest BCUT2D eigenvalue weighted by atomic mass is 9.84. The van der Waals surface area contributed by atoms with Crippen LogP contribution >= 0.6 is 0 Å². The predicted octanol–water partition coefficient (Wildman–Crippen LogP) is 2.29. The highest BCUT2D eigenvalue weighted by Crippen LogP contribution is 2.30. The van der Waals surface area contributed by atoms with E-state index in [1.165, 1.54) is 6.07 Å². The fraction of sp³-hybridized carbons (Fsp3) is 0.619. The summed E-state index contributed by atoms with van der Waals surface area (Å²) in [7, 11) is 0. The number of anilines is 1. The largest absolute Gasteiger partial charge is 0.387 e. The number of carbonyl (C=O) groups is 1. The maximum absolute atomic E-state index is 13.8. The van der Waals surface area contributed by atoms with E-state index in [0.29, 0.717) is 17.1 Å². The number of aromatic nitrogens is 1. The topological polar surface area (TPSA) is 81.8 Å². The van der Waals surface area contributed by atoms with Crippen molar-refractivity contribution >= 4 is 22.7 Å². The van der Waals surface area contributed by atoms with Crippen LogP contribution in [0.2, 0.25) is 0 Å². The van der Waals surface area contributed by atoms with E-state index in [9.17, 15) is 13.6 Å². The van der Waals surface area contributed by atoms with Gasteiger partial charge in [0.25, 0.3) is 0 Å². The number of hydrogen-bond donors (Lipinski definition) is 2. The van der Waals surface area contributed by atoms with Gasteiger partial charge < -0.3 is 19.8 Å². The van der Waals surface area contributed by atoms with Crippen LogP contribution in [0.5, 0.6) is 0 Å².